The van der Waals surface area contributed by atoms with Gasteiger partial charge in [-0.15, -0.1) is 0 Å². The molecule has 11 heteroatoms. The molecule has 1 fully saturated rings. The van der Waals surface area contributed by atoms with Crippen LogP contribution < -0.4 is 5.32 Å². The molecule has 1 aliphatic heterocycles. The van der Waals surface area contributed by atoms with E-state index >= 15 is 0 Å². The number of hydrogen-bond donors (Lipinski definition) is 2. The molecule has 2 N–H and O–H groups in total. The number of nitrogens with zero attached hydrogens (tertiary/aromatic N) is 6. The predicted octanol–water partition coefficient (Wildman–Crippen LogP) is 5.18. The number of amidine groups is 1. The summed E-state index contributed by atoms with van der Waals surface area (Å²) >= 11 is 0. The first-order valence-electron chi connectivity index (χ1n) is 11.5. The third-order valence-electron chi connectivity index (χ3n) is 6.30. The van der Waals surface area contributed by atoms with Gasteiger partial charge in [-0.05, 0) is 44.7 Å². The number of anilines is 1. The molecule has 1 saturated carbocycles. The van der Waals surface area contributed by atoms with Gasteiger partial charge in [0.05, 0.1) is 34.3 Å². The SMILES string of the molecule is Cc1nn(C2=C/C(=N)Nc3c(c(-c4ccc(C#N)cc4)nn3CC3CC3)C/C=N\2)c(C)c1C(F)(F)F. The van der Waals surface area contributed by atoms with E-state index in [4.69, 9.17) is 15.8 Å². The standard InChI is InChI=1S/C25H23F3N8/c1-14-22(25(26,27)28)15(2)36(33-14)21-11-20(30)32-24-19(9-10-31-21)23(34-35(24)13-17-3-4-17)18-7-5-16(12-29)6-8-18/h5-8,10-11,17H,3-4,9,13H2,1-2H3,(H2,30,32)/b21-11+,31-10-. The van der Waals surface area contributed by atoms with Crippen LogP contribution in [-0.4, -0.2) is 31.6 Å². The molecule has 1 aliphatic carbocycles. The summed E-state index contributed by atoms with van der Waals surface area (Å²) in [5.41, 5.74) is 1.83. The van der Waals surface area contributed by atoms with E-state index < -0.39 is 11.7 Å². The van der Waals surface area contributed by atoms with Crippen LogP contribution in [-0.2, 0) is 19.1 Å². The fraction of sp³-hybridized carbons (Fsp3) is 0.320. The topological polar surface area (TPSA) is 108 Å². The molecule has 2 aliphatic rings. The van der Waals surface area contributed by atoms with E-state index in [2.05, 4.69) is 21.5 Å². The number of benzene rings is 1. The highest BCUT2D eigenvalue weighted by Crippen LogP contribution is 2.37. The second-order valence-corrected chi connectivity index (χ2v) is 9.00. The summed E-state index contributed by atoms with van der Waals surface area (Å²) in [6.07, 6.45) is 0.982. The summed E-state index contributed by atoms with van der Waals surface area (Å²) < 4.78 is 43.6. The number of halogens is 3. The first-order chi connectivity index (χ1) is 17.2. The quantitative estimate of drug-likeness (QED) is 0.523. The van der Waals surface area contributed by atoms with E-state index in [1.165, 1.54) is 19.9 Å². The number of aryl methyl sites for hydroxylation is 1. The molecule has 0 unspecified atom stereocenters. The molecule has 0 atom stereocenters. The van der Waals surface area contributed by atoms with Gasteiger partial charge in [-0.2, -0.15) is 28.6 Å². The molecule has 3 heterocycles. The van der Waals surface area contributed by atoms with Gasteiger partial charge in [-0.3, -0.25) is 5.41 Å². The third-order valence-corrected chi connectivity index (χ3v) is 6.30. The Morgan fingerprint density at radius 3 is 2.50 bits per heavy atom. The van der Waals surface area contributed by atoms with Crippen molar-refractivity contribution in [3.63, 3.8) is 0 Å². The summed E-state index contributed by atoms with van der Waals surface area (Å²) in [7, 11) is 0. The lowest BCUT2D eigenvalue weighted by molar-refractivity contribution is -0.138. The van der Waals surface area contributed by atoms with Crippen LogP contribution in [0, 0.1) is 36.5 Å². The molecule has 0 radical (unpaired) electrons. The second-order valence-electron chi connectivity index (χ2n) is 9.00. The number of fused-ring (bicyclic) bond motifs is 1. The average molecular weight is 493 g/mol. The molecule has 0 amide bonds. The van der Waals surface area contributed by atoms with Crippen molar-refractivity contribution in [3.05, 3.63) is 58.4 Å². The Morgan fingerprint density at radius 2 is 1.89 bits per heavy atom. The Hall–Kier alpha value is -4.20. The minimum atomic E-state index is -4.54. The molecule has 5 rings (SSSR count). The molecular formula is C25H23F3N8. The van der Waals surface area contributed by atoms with Crippen LogP contribution in [0.5, 0.6) is 0 Å². The lowest BCUT2D eigenvalue weighted by Crippen LogP contribution is -2.15. The molecule has 0 saturated heterocycles. The maximum absolute atomic E-state index is 13.5. The smallest absolute Gasteiger partial charge is 0.325 e. The summed E-state index contributed by atoms with van der Waals surface area (Å²) in [5, 5.41) is 29.7. The number of aliphatic imine (C=N–C) groups is 1. The fourth-order valence-corrected chi connectivity index (χ4v) is 4.40. The monoisotopic (exact) mass is 492 g/mol. The number of rotatable bonds is 4. The van der Waals surface area contributed by atoms with Crippen molar-refractivity contribution >= 4 is 23.7 Å². The van der Waals surface area contributed by atoms with Gasteiger partial charge in [0.1, 0.15) is 11.7 Å². The highest BCUT2D eigenvalue weighted by atomic mass is 19.4. The highest BCUT2D eigenvalue weighted by Gasteiger charge is 2.38. The van der Waals surface area contributed by atoms with Crippen molar-refractivity contribution in [1.82, 2.24) is 19.6 Å². The Bertz CT molecular complexity index is 1440. The van der Waals surface area contributed by atoms with Gasteiger partial charge in [0.2, 0.25) is 0 Å². The van der Waals surface area contributed by atoms with Crippen LogP contribution in [0.2, 0.25) is 0 Å². The third kappa shape index (κ3) is 4.42. The van der Waals surface area contributed by atoms with Crippen LogP contribution >= 0.6 is 0 Å². The van der Waals surface area contributed by atoms with E-state index in [0.29, 0.717) is 36.0 Å². The van der Waals surface area contributed by atoms with Crippen molar-refractivity contribution in [3.8, 4) is 17.3 Å². The van der Waals surface area contributed by atoms with Crippen LogP contribution in [0.25, 0.3) is 17.1 Å². The van der Waals surface area contributed by atoms with Crippen LogP contribution in [0.15, 0.2) is 35.3 Å². The van der Waals surface area contributed by atoms with Crippen molar-refractivity contribution in [1.29, 1.82) is 10.7 Å². The molecule has 8 nitrogen and oxygen atoms in total. The Morgan fingerprint density at radius 1 is 1.17 bits per heavy atom. The van der Waals surface area contributed by atoms with Gasteiger partial charge in [0, 0.05) is 36.4 Å². The van der Waals surface area contributed by atoms with E-state index in [-0.39, 0.29) is 23.0 Å². The maximum atomic E-state index is 13.5. The van der Waals surface area contributed by atoms with Gasteiger partial charge in [0.15, 0.2) is 5.82 Å². The van der Waals surface area contributed by atoms with E-state index in [9.17, 15) is 13.2 Å². The lowest BCUT2D eigenvalue weighted by atomic mass is 10.0. The summed E-state index contributed by atoms with van der Waals surface area (Å²) in [5.74, 6) is 1.23. The molecule has 2 aromatic heterocycles. The summed E-state index contributed by atoms with van der Waals surface area (Å²) in [4.78, 5) is 4.41. The maximum Gasteiger partial charge on any atom is 0.419 e. The summed E-state index contributed by atoms with van der Waals surface area (Å²) in [6, 6.07) is 9.21. The normalized spacial score (nSPS) is 18.2. The minimum Gasteiger partial charge on any atom is -0.325 e. The minimum absolute atomic E-state index is 0.0465. The molecule has 0 bridgehead atoms. The predicted molar refractivity (Wildman–Crippen MR) is 130 cm³/mol. The zero-order valence-electron chi connectivity index (χ0n) is 19.7. The van der Waals surface area contributed by atoms with Gasteiger partial charge in [0.25, 0.3) is 0 Å². The first kappa shape index (κ1) is 23.5. The van der Waals surface area contributed by atoms with Crippen molar-refractivity contribution in [2.75, 3.05) is 5.32 Å². The second kappa shape index (κ2) is 8.78. The van der Waals surface area contributed by atoms with Gasteiger partial charge in [-0.1, -0.05) is 12.1 Å². The van der Waals surface area contributed by atoms with Crippen LogP contribution in [0.3, 0.4) is 0 Å². The molecule has 0 spiro atoms. The number of aromatic nitrogens is 4. The zero-order chi connectivity index (χ0) is 25.6. The number of nitrogens with one attached hydrogen (secondary N) is 2. The zero-order valence-corrected chi connectivity index (χ0v) is 19.7. The summed E-state index contributed by atoms with van der Waals surface area (Å²) in [6.45, 7) is 3.34. The van der Waals surface area contributed by atoms with Crippen LogP contribution in [0.4, 0.5) is 19.0 Å². The van der Waals surface area contributed by atoms with Crippen molar-refractivity contribution in [2.45, 2.75) is 45.8 Å². The Labute approximate surface area is 205 Å². The molecule has 184 valence electrons. The molecule has 3 aromatic rings. The first-order valence-corrected chi connectivity index (χ1v) is 11.5. The molecule has 1 aromatic carbocycles. The van der Waals surface area contributed by atoms with E-state index in [0.717, 1.165) is 28.7 Å². The van der Waals surface area contributed by atoms with Gasteiger partial charge in [-0.25, -0.2) is 14.4 Å². The van der Waals surface area contributed by atoms with Gasteiger partial charge >= 0.3 is 6.18 Å². The van der Waals surface area contributed by atoms with Crippen molar-refractivity contribution < 1.29 is 13.2 Å². The van der Waals surface area contributed by atoms with Crippen molar-refractivity contribution in [2.24, 2.45) is 10.9 Å². The fourth-order valence-electron chi connectivity index (χ4n) is 4.40. The largest absolute Gasteiger partial charge is 0.419 e. The molecule has 36 heavy (non-hydrogen) atoms. The number of hydrogen-bond acceptors (Lipinski definition) is 5. The van der Waals surface area contributed by atoms with E-state index in [1.54, 1.807) is 18.3 Å². The highest BCUT2D eigenvalue weighted by molar-refractivity contribution is 6.05. The van der Waals surface area contributed by atoms with E-state index in [1.807, 2.05) is 16.8 Å². The Balaban J connectivity index is 1.57. The lowest BCUT2D eigenvalue weighted by Gasteiger charge is -2.11. The number of nitriles is 1. The average Bonchev–Trinajstić information content (AvgIpc) is 3.49. The van der Waals surface area contributed by atoms with Crippen LogP contribution in [0.1, 0.15) is 40.9 Å². The number of alkyl halides is 3. The van der Waals surface area contributed by atoms with Gasteiger partial charge < -0.3 is 5.32 Å². The molecular weight excluding hydrogens is 469 g/mol. The Kier molecular flexibility index (Phi) is 5.74.